The Balaban J connectivity index is 2.27. The molecule has 0 radical (unpaired) electrons. The third-order valence-electron chi connectivity index (χ3n) is 3.56. The quantitative estimate of drug-likeness (QED) is 0.407. The van der Waals surface area contributed by atoms with Crippen LogP contribution in [0.5, 0.6) is 5.75 Å². The smallest absolute Gasteiger partial charge is 0.190 e. The third-order valence-corrected chi connectivity index (χ3v) is 5.68. The molecule has 0 spiro atoms. The van der Waals surface area contributed by atoms with Gasteiger partial charge >= 0.3 is 0 Å². The number of methoxy groups -OCH3 is 1. The summed E-state index contributed by atoms with van der Waals surface area (Å²) in [6.45, 7) is 0. The summed E-state index contributed by atoms with van der Waals surface area (Å²) in [5.41, 5.74) is 0. The molecule has 0 heterocycles. The highest BCUT2D eigenvalue weighted by Gasteiger charge is 2.33. The SMILES string of the molecule is COc1c(F)cc([S+](c2cc(F)cc(F)c2)c2cc(F)cc(F)c2)cc1F. The van der Waals surface area contributed by atoms with Gasteiger partial charge in [0.1, 0.15) is 23.3 Å². The van der Waals surface area contributed by atoms with E-state index in [0.29, 0.717) is 12.1 Å². The highest BCUT2D eigenvalue weighted by Crippen LogP contribution is 2.36. The number of rotatable bonds is 4. The lowest BCUT2D eigenvalue weighted by atomic mass is 10.3. The van der Waals surface area contributed by atoms with E-state index in [2.05, 4.69) is 4.74 Å². The summed E-state index contributed by atoms with van der Waals surface area (Å²) < 4.78 is 87.8. The minimum Gasteiger partial charge on any atom is -0.491 e. The maximum absolute atomic E-state index is 14.2. The summed E-state index contributed by atoms with van der Waals surface area (Å²) in [5.74, 6) is -6.50. The predicted octanol–water partition coefficient (Wildman–Crippen LogP) is 5.63. The van der Waals surface area contributed by atoms with E-state index < -0.39 is 51.5 Å². The third kappa shape index (κ3) is 4.05. The summed E-state index contributed by atoms with van der Waals surface area (Å²) in [4.78, 5) is -0.149. The molecule has 0 fully saturated rings. The van der Waals surface area contributed by atoms with Crippen LogP contribution in [0, 0.1) is 34.9 Å². The van der Waals surface area contributed by atoms with Gasteiger partial charge in [-0.15, -0.1) is 0 Å². The van der Waals surface area contributed by atoms with Crippen LogP contribution in [0.3, 0.4) is 0 Å². The fraction of sp³-hybridized carbons (Fsp3) is 0.0526. The molecule has 0 N–H and O–H groups in total. The van der Waals surface area contributed by atoms with Crippen LogP contribution in [-0.4, -0.2) is 7.11 Å². The Morgan fingerprint density at radius 3 is 1.22 bits per heavy atom. The second-order valence-corrected chi connectivity index (χ2v) is 7.46. The van der Waals surface area contributed by atoms with Crippen LogP contribution in [0.25, 0.3) is 0 Å². The fourth-order valence-electron chi connectivity index (χ4n) is 2.55. The van der Waals surface area contributed by atoms with Crippen LogP contribution < -0.4 is 4.74 Å². The average molecular weight is 401 g/mol. The zero-order chi connectivity index (χ0) is 19.7. The van der Waals surface area contributed by atoms with Crippen molar-refractivity contribution in [3.05, 3.63) is 83.4 Å². The minimum atomic E-state index is -1.58. The van der Waals surface area contributed by atoms with Crippen molar-refractivity contribution in [1.29, 1.82) is 0 Å². The summed E-state index contributed by atoms with van der Waals surface area (Å²) in [6, 6.07) is 6.79. The van der Waals surface area contributed by atoms with E-state index >= 15 is 0 Å². The van der Waals surface area contributed by atoms with Gasteiger partial charge in [-0.25, -0.2) is 26.3 Å². The van der Waals surface area contributed by atoms with Gasteiger partial charge < -0.3 is 4.74 Å². The van der Waals surface area contributed by atoms with Crippen LogP contribution in [0.2, 0.25) is 0 Å². The maximum atomic E-state index is 14.2. The maximum Gasteiger partial charge on any atom is 0.190 e. The van der Waals surface area contributed by atoms with Gasteiger partial charge in [0.25, 0.3) is 0 Å². The molecule has 0 amide bonds. The number of ether oxygens (including phenoxy) is 1. The molecule has 3 aromatic rings. The van der Waals surface area contributed by atoms with Gasteiger partial charge in [-0.2, -0.15) is 0 Å². The zero-order valence-corrected chi connectivity index (χ0v) is 14.5. The molecule has 0 atom stereocenters. The Bertz CT molecular complexity index is 892. The van der Waals surface area contributed by atoms with Gasteiger partial charge in [0.2, 0.25) is 0 Å². The molecule has 27 heavy (non-hydrogen) atoms. The standard InChI is InChI=1S/C19H11F6OS/c1-26-19-17(24)8-16(9-18(19)25)27(14-4-10(20)2-11(21)5-14)15-6-12(22)3-13(23)7-15/h2-9H,1H3/q+1. The first kappa shape index (κ1) is 19.2. The number of halogens is 6. The van der Waals surface area contributed by atoms with E-state index in [-0.39, 0.29) is 14.7 Å². The van der Waals surface area contributed by atoms with Crippen molar-refractivity contribution in [2.24, 2.45) is 0 Å². The average Bonchev–Trinajstić information content (AvgIpc) is 2.53. The second-order valence-electron chi connectivity index (χ2n) is 5.44. The van der Waals surface area contributed by atoms with Crippen molar-refractivity contribution >= 4 is 10.9 Å². The zero-order valence-electron chi connectivity index (χ0n) is 13.7. The van der Waals surface area contributed by atoms with Gasteiger partial charge in [-0.1, -0.05) is 0 Å². The molecule has 0 aliphatic carbocycles. The Kier molecular flexibility index (Phi) is 5.36. The Labute approximate surface area is 153 Å². The second kappa shape index (κ2) is 7.56. The topological polar surface area (TPSA) is 9.23 Å². The fourth-order valence-corrected chi connectivity index (χ4v) is 4.73. The van der Waals surface area contributed by atoms with E-state index in [1.54, 1.807) is 0 Å². The van der Waals surface area contributed by atoms with E-state index in [4.69, 9.17) is 0 Å². The number of hydrogen-bond donors (Lipinski definition) is 0. The van der Waals surface area contributed by atoms with Crippen LogP contribution in [0.15, 0.2) is 63.2 Å². The van der Waals surface area contributed by atoms with Crippen molar-refractivity contribution < 1.29 is 31.1 Å². The lowest BCUT2D eigenvalue weighted by molar-refractivity contribution is 0.358. The van der Waals surface area contributed by atoms with E-state index in [9.17, 15) is 26.3 Å². The molecule has 0 saturated carbocycles. The largest absolute Gasteiger partial charge is 0.491 e. The van der Waals surface area contributed by atoms with Crippen molar-refractivity contribution in [1.82, 2.24) is 0 Å². The van der Waals surface area contributed by atoms with Crippen LogP contribution in [0.1, 0.15) is 0 Å². The first-order valence-electron chi connectivity index (χ1n) is 7.48. The summed E-state index contributed by atoms with van der Waals surface area (Å²) in [6.07, 6.45) is 0. The highest BCUT2D eigenvalue weighted by atomic mass is 32.2. The van der Waals surface area contributed by atoms with E-state index in [1.165, 1.54) is 0 Å². The van der Waals surface area contributed by atoms with Gasteiger partial charge in [-0.05, 0) is 0 Å². The number of benzene rings is 3. The highest BCUT2D eigenvalue weighted by molar-refractivity contribution is 7.97. The van der Waals surface area contributed by atoms with Crippen LogP contribution in [0.4, 0.5) is 26.3 Å². The summed E-state index contributed by atoms with van der Waals surface area (Å²) >= 11 is 0. The molecule has 0 unspecified atom stereocenters. The minimum absolute atomic E-state index is 0.0403. The van der Waals surface area contributed by atoms with Gasteiger partial charge in [0, 0.05) is 48.5 Å². The van der Waals surface area contributed by atoms with Gasteiger partial charge in [-0.3, -0.25) is 0 Å². The van der Waals surface area contributed by atoms with Crippen molar-refractivity contribution in [3.8, 4) is 5.75 Å². The van der Waals surface area contributed by atoms with Gasteiger partial charge in [0.05, 0.1) is 18.0 Å². The lowest BCUT2D eigenvalue weighted by Crippen LogP contribution is -2.08. The molecular weight excluding hydrogens is 390 g/mol. The van der Waals surface area contributed by atoms with E-state index in [1.807, 2.05) is 0 Å². The first-order valence-corrected chi connectivity index (χ1v) is 8.70. The Hall–Kier alpha value is -2.61. The van der Waals surface area contributed by atoms with Crippen LogP contribution in [-0.2, 0) is 10.9 Å². The van der Waals surface area contributed by atoms with E-state index in [0.717, 1.165) is 43.5 Å². The molecule has 0 bridgehead atoms. The first-order chi connectivity index (χ1) is 12.8. The van der Waals surface area contributed by atoms with Crippen molar-refractivity contribution in [2.75, 3.05) is 7.11 Å². The summed E-state index contributed by atoms with van der Waals surface area (Å²) in [7, 11) is -0.508. The molecular formula is C19H11F6OS+. The molecule has 8 heteroatoms. The molecule has 3 rings (SSSR count). The predicted molar refractivity (Wildman–Crippen MR) is 87.8 cm³/mol. The molecule has 1 nitrogen and oxygen atoms in total. The molecule has 3 aromatic carbocycles. The molecule has 0 aromatic heterocycles. The molecule has 0 saturated heterocycles. The normalized spacial score (nSPS) is 11.1. The monoisotopic (exact) mass is 401 g/mol. The van der Waals surface area contributed by atoms with Crippen molar-refractivity contribution in [3.63, 3.8) is 0 Å². The van der Waals surface area contributed by atoms with Crippen LogP contribution >= 0.6 is 0 Å². The Morgan fingerprint density at radius 1 is 0.556 bits per heavy atom. The molecule has 140 valence electrons. The summed E-state index contributed by atoms with van der Waals surface area (Å²) in [5, 5.41) is 0. The molecule has 0 aliphatic heterocycles. The van der Waals surface area contributed by atoms with Gasteiger partial charge in [0.15, 0.2) is 32.1 Å². The number of hydrogen-bond acceptors (Lipinski definition) is 1. The molecule has 0 aliphatic rings. The lowest BCUT2D eigenvalue weighted by Gasteiger charge is -2.11. The van der Waals surface area contributed by atoms with Crippen molar-refractivity contribution in [2.45, 2.75) is 14.7 Å². The Morgan fingerprint density at radius 2 is 0.889 bits per heavy atom.